The second-order valence-corrected chi connectivity index (χ2v) is 4.73. The third-order valence-corrected chi connectivity index (χ3v) is 3.26. The number of ether oxygens (including phenoxy) is 1. The van der Waals surface area contributed by atoms with Crippen molar-refractivity contribution in [3.05, 3.63) is 34.4 Å². The summed E-state index contributed by atoms with van der Waals surface area (Å²) in [5.41, 5.74) is -0.103. The molecule has 0 aromatic heterocycles. The SMILES string of the molecule is CC[C@H](C)[C@H](NCCOc1ccccc1[N+](=O)[O-])C(=O)O. The van der Waals surface area contributed by atoms with Gasteiger partial charge in [0.05, 0.1) is 4.92 Å². The summed E-state index contributed by atoms with van der Waals surface area (Å²) in [5.74, 6) is -0.733. The summed E-state index contributed by atoms with van der Waals surface area (Å²) in [6, 6.07) is 5.44. The predicted octanol–water partition coefficient (Wildman–Crippen LogP) is 2.06. The zero-order valence-corrected chi connectivity index (χ0v) is 12.1. The molecule has 0 saturated carbocycles. The van der Waals surface area contributed by atoms with E-state index in [1.165, 1.54) is 12.1 Å². The van der Waals surface area contributed by atoms with Gasteiger partial charge in [0.1, 0.15) is 12.6 Å². The molecule has 21 heavy (non-hydrogen) atoms. The van der Waals surface area contributed by atoms with Crippen LogP contribution in [-0.4, -0.2) is 35.2 Å². The van der Waals surface area contributed by atoms with Crippen LogP contribution in [0, 0.1) is 16.0 Å². The molecule has 0 amide bonds. The Bertz CT molecular complexity index is 492. The highest BCUT2D eigenvalue weighted by atomic mass is 16.6. The average molecular weight is 296 g/mol. The van der Waals surface area contributed by atoms with E-state index in [1.54, 1.807) is 12.1 Å². The second kappa shape index (κ2) is 8.21. The highest BCUT2D eigenvalue weighted by Crippen LogP contribution is 2.25. The number of aliphatic carboxylic acids is 1. The molecule has 0 aliphatic heterocycles. The van der Waals surface area contributed by atoms with Crippen molar-refractivity contribution in [1.29, 1.82) is 0 Å². The lowest BCUT2D eigenvalue weighted by Crippen LogP contribution is -2.43. The first-order chi connectivity index (χ1) is 9.97. The van der Waals surface area contributed by atoms with Gasteiger partial charge in [-0.1, -0.05) is 32.4 Å². The number of carbonyl (C=O) groups is 1. The van der Waals surface area contributed by atoms with E-state index in [1.807, 2.05) is 13.8 Å². The Kier molecular flexibility index (Phi) is 6.61. The lowest BCUT2D eigenvalue weighted by atomic mass is 9.99. The molecule has 2 N–H and O–H groups in total. The Labute approximate surface area is 123 Å². The lowest BCUT2D eigenvalue weighted by molar-refractivity contribution is -0.385. The first-order valence-corrected chi connectivity index (χ1v) is 6.79. The molecule has 116 valence electrons. The number of nitrogens with one attached hydrogen (secondary N) is 1. The minimum Gasteiger partial charge on any atom is -0.485 e. The van der Waals surface area contributed by atoms with Crippen LogP contribution in [0.25, 0.3) is 0 Å². The monoisotopic (exact) mass is 296 g/mol. The van der Waals surface area contributed by atoms with Gasteiger partial charge in [-0.15, -0.1) is 0 Å². The number of nitrogens with zero attached hydrogens (tertiary/aromatic N) is 1. The molecule has 7 nitrogen and oxygen atoms in total. The minimum absolute atomic E-state index is 0.00596. The summed E-state index contributed by atoms with van der Waals surface area (Å²) in [6.07, 6.45) is 0.745. The Morgan fingerprint density at radius 3 is 2.71 bits per heavy atom. The number of para-hydroxylation sites is 2. The first kappa shape index (κ1) is 16.9. The number of carboxylic acid groups (broad SMARTS) is 1. The largest absolute Gasteiger partial charge is 0.485 e. The van der Waals surface area contributed by atoms with Gasteiger partial charge in [-0.05, 0) is 12.0 Å². The van der Waals surface area contributed by atoms with E-state index < -0.39 is 16.9 Å². The molecular weight excluding hydrogens is 276 g/mol. The normalized spacial score (nSPS) is 13.4. The van der Waals surface area contributed by atoms with Crippen molar-refractivity contribution >= 4 is 11.7 Å². The zero-order chi connectivity index (χ0) is 15.8. The van der Waals surface area contributed by atoms with E-state index in [0.29, 0.717) is 6.54 Å². The average Bonchev–Trinajstić information content (AvgIpc) is 2.46. The lowest BCUT2D eigenvalue weighted by Gasteiger charge is -2.20. The summed E-state index contributed by atoms with van der Waals surface area (Å²) in [7, 11) is 0. The number of hydrogen-bond acceptors (Lipinski definition) is 5. The number of rotatable bonds is 9. The van der Waals surface area contributed by atoms with Crippen LogP contribution >= 0.6 is 0 Å². The molecule has 0 unspecified atom stereocenters. The van der Waals surface area contributed by atoms with Crippen molar-refractivity contribution in [2.24, 2.45) is 5.92 Å². The van der Waals surface area contributed by atoms with Gasteiger partial charge >= 0.3 is 11.7 Å². The van der Waals surface area contributed by atoms with Crippen LogP contribution in [0.2, 0.25) is 0 Å². The summed E-state index contributed by atoms with van der Waals surface area (Å²) >= 11 is 0. The molecule has 7 heteroatoms. The van der Waals surface area contributed by atoms with Crippen LogP contribution in [-0.2, 0) is 4.79 Å². The summed E-state index contributed by atoms with van der Waals surface area (Å²) in [6.45, 7) is 4.24. The van der Waals surface area contributed by atoms with Gasteiger partial charge in [-0.25, -0.2) is 0 Å². The van der Waals surface area contributed by atoms with E-state index in [-0.39, 0.29) is 24.0 Å². The van der Waals surface area contributed by atoms with Crippen LogP contribution in [0.5, 0.6) is 5.75 Å². The topological polar surface area (TPSA) is 102 Å². The Morgan fingerprint density at radius 2 is 2.14 bits per heavy atom. The fourth-order valence-corrected chi connectivity index (χ4v) is 1.87. The maximum atomic E-state index is 11.1. The molecule has 2 atom stereocenters. The molecule has 0 fully saturated rings. The minimum atomic E-state index is -0.907. The van der Waals surface area contributed by atoms with Gasteiger partial charge < -0.3 is 15.2 Å². The molecule has 0 radical (unpaired) electrons. The third-order valence-electron chi connectivity index (χ3n) is 3.26. The van der Waals surface area contributed by atoms with Gasteiger partial charge in [0.2, 0.25) is 0 Å². The van der Waals surface area contributed by atoms with Crippen molar-refractivity contribution in [1.82, 2.24) is 5.32 Å². The van der Waals surface area contributed by atoms with Gasteiger partial charge in [-0.2, -0.15) is 0 Å². The van der Waals surface area contributed by atoms with E-state index in [9.17, 15) is 14.9 Å². The predicted molar refractivity (Wildman–Crippen MR) is 77.5 cm³/mol. The van der Waals surface area contributed by atoms with Crippen molar-refractivity contribution in [2.75, 3.05) is 13.2 Å². The quantitative estimate of drug-likeness (QED) is 0.411. The van der Waals surface area contributed by atoms with Gasteiger partial charge in [0.25, 0.3) is 0 Å². The molecule has 1 rings (SSSR count). The van der Waals surface area contributed by atoms with Crippen LogP contribution in [0.4, 0.5) is 5.69 Å². The second-order valence-electron chi connectivity index (χ2n) is 4.73. The van der Waals surface area contributed by atoms with E-state index in [4.69, 9.17) is 9.84 Å². The summed E-state index contributed by atoms with van der Waals surface area (Å²) in [5, 5.41) is 22.8. The third kappa shape index (κ3) is 5.03. The number of nitro benzene ring substituents is 1. The molecule has 0 bridgehead atoms. The maximum Gasteiger partial charge on any atom is 0.320 e. The molecule has 0 saturated heterocycles. The standard InChI is InChI=1S/C14H20N2O5/c1-3-10(2)13(14(17)18)15-8-9-21-12-7-5-4-6-11(12)16(19)20/h4-7,10,13,15H,3,8-9H2,1-2H3,(H,17,18)/t10-,13-/m0/s1. The number of hydrogen-bond donors (Lipinski definition) is 2. The van der Waals surface area contributed by atoms with Gasteiger partial charge in [-0.3, -0.25) is 14.9 Å². The van der Waals surface area contributed by atoms with Crippen molar-refractivity contribution in [3.63, 3.8) is 0 Å². The Balaban J connectivity index is 2.50. The van der Waals surface area contributed by atoms with Crippen LogP contribution in [0.1, 0.15) is 20.3 Å². The summed E-state index contributed by atoms with van der Waals surface area (Å²) in [4.78, 5) is 21.4. The molecule has 0 aliphatic rings. The van der Waals surface area contributed by atoms with Crippen molar-refractivity contribution in [2.45, 2.75) is 26.3 Å². The maximum absolute atomic E-state index is 11.1. The molecule has 0 heterocycles. The van der Waals surface area contributed by atoms with Crippen molar-refractivity contribution in [3.8, 4) is 5.75 Å². The summed E-state index contributed by atoms with van der Waals surface area (Å²) < 4.78 is 5.34. The van der Waals surface area contributed by atoms with Crippen LogP contribution in [0.3, 0.4) is 0 Å². The first-order valence-electron chi connectivity index (χ1n) is 6.79. The number of carboxylic acids is 1. The van der Waals surface area contributed by atoms with E-state index >= 15 is 0 Å². The van der Waals surface area contributed by atoms with Crippen molar-refractivity contribution < 1.29 is 19.6 Å². The highest BCUT2D eigenvalue weighted by molar-refractivity contribution is 5.73. The Morgan fingerprint density at radius 1 is 1.48 bits per heavy atom. The van der Waals surface area contributed by atoms with Gasteiger partial charge in [0, 0.05) is 12.6 Å². The van der Waals surface area contributed by atoms with Crippen LogP contribution < -0.4 is 10.1 Å². The molecule has 1 aromatic carbocycles. The molecular formula is C14H20N2O5. The molecule has 0 aliphatic carbocycles. The fourth-order valence-electron chi connectivity index (χ4n) is 1.87. The fraction of sp³-hybridized carbons (Fsp3) is 0.500. The number of nitro groups is 1. The molecule has 1 aromatic rings. The zero-order valence-electron chi connectivity index (χ0n) is 12.1. The number of benzene rings is 1. The van der Waals surface area contributed by atoms with E-state index in [2.05, 4.69) is 5.32 Å². The highest BCUT2D eigenvalue weighted by Gasteiger charge is 2.22. The van der Waals surface area contributed by atoms with Gasteiger partial charge in [0.15, 0.2) is 5.75 Å². The van der Waals surface area contributed by atoms with Crippen LogP contribution in [0.15, 0.2) is 24.3 Å². The Hall–Kier alpha value is -2.15. The van der Waals surface area contributed by atoms with E-state index in [0.717, 1.165) is 6.42 Å². The molecule has 0 spiro atoms. The smallest absolute Gasteiger partial charge is 0.320 e.